The van der Waals surface area contributed by atoms with Gasteiger partial charge < -0.3 is 24.4 Å². The Morgan fingerprint density at radius 1 is 1.23 bits per heavy atom. The normalized spacial score (nSPS) is 19.3. The number of halogens is 1. The van der Waals surface area contributed by atoms with Crippen LogP contribution in [0, 0.1) is 0 Å². The van der Waals surface area contributed by atoms with E-state index < -0.39 is 0 Å². The Kier molecular flexibility index (Phi) is 6.77. The molecule has 2 aliphatic heterocycles. The first kappa shape index (κ1) is 20.8. The zero-order valence-corrected chi connectivity index (χ0v) is 16.8. The number of amides is 1. The Morgan fingerprint density at radius 2 is 1.85 bits per heavy atom. The van der Waals surface area contributed by atoms with Crippen LogP contribution in [-0.4, -0.2) is 57.8 Å². The van der Waals surface area contributed by atoms with E-state index >= 15 is 0 Å². The fourth-order valence-electron chi connectivity index (χ4n) is 3.89. The van der Waals surface area contributed by atoms with E-state index in [4.69, 9.17) is 14.2 Å². The monoisotopic (exact) mass is 384 g/mol. The molecule has 1 atom stereocenters. The quantitative estimate of drug-likeness (QED) is 0.861. The van der Waals surface area contributed by atoms with Crippen LogP contribution in [-0.2, 0) is 21.6 Å². The number of fused-ring (bicyclic) bond motifs is 2. The van der Waals surface area contributed by atoms with E-state index in [0.717, 1.165) is 30.8 Å². The van der Waals surface area contributed by atoms with Crippen LogP contribution in [0.25, 0.3) is 0 Å². The standard InChI is InChI=1S/C19H28N2O4.ClH/c1-13(20-2)18(22)21-8-6-19(7-9-21)15-12-17(24-4)16(23-3)11-14(15)5-10-25-19;/h11-13,20H,5-10H2,1-4H3;1H/t13-;/m0./s1. The molecule has 6 nitrogen and oxygen atoms in total. The average Bonchev–Trinajstić information content (AvgIpc) is 2.66. The topological polar surface area (TPSA) is 60.0 Å². The summed E-state index contributed by atoms with van der Waals surface area (Å²) in [5.74, 6) is 1.64. The number of ether oxygens (including phenoxy) is 3. The van der Waals surface area contributed by atoms with Crippen molar-refractivity contribution >= 4 is 18.3 Å². The highest BCUT2D eigenvalue weighted by Gasteiger charge is 2.42. The fraction of sp³-hybridized carbons (Fsp3) is 0.632. The lowest BCUT2D eigenvalue weighted by atomic mass is 9.79. The molecule has 26 heavy (non-hydrogen) atoms. The predicted octanol–water partition coefficient (Wildman–Crippen LogP) is 2.12. The third-order valence-electron chi connectivity index (χ3n) is 5.54. The first-order chi connectivity index (χ1) is 12.0. The average molecular weight is 385 g/mol. The van der Waals surface area contributed by atoms with Crippen molar-refractivity contribution in [2.75, 3.05) is 41.0 Å². The van der Waals surface area contributed by atoms with Gasteiger partial charge in [-0.2, -0.15) is 0 Å². The van der Waals surface area contributed by atoms with E-state index in [1.165, 1.54) is 11.1 Å². The van der Waals surface area contributed by atoms with Gasteiger partial charge in [-0.1, -0.05) is 0 Å². The molecule has 1 aromatic rings. The van der Waals surface area contributed by atoms with E-state index in [1.807, 2.05) is 18.9 Å². The van der Waals surface area contributed by atoms with Crippen molar-refractivity contribution in [1.29, 1.82) is 0 Å². The highest BCUT2D eigenvalue weighted by molar-refractivity contribution is 5.85. The SMILES string of the molecule is CN[C@@H](C)C(=O)N1CCC2(CC1)OCCc1cc(OC)c(OC)cc12.Cl. The summed E-state index contributed by atoms with van der Waals surface area (Å²) in [6.07, 6.45) is 2.48. The molecule has 1 saturated heterocycles. The minimum atomic E-state index is -0.327. The molecule has 0 radical (unpaired) electrons. The van der Waals surface area contributed by atoms with Crippen molar-refractivity contribution in [1.82, 2.24) is 10.2 Å². The molecule has 0 saturated carbocycles. The van der Waals surface area contributed by atoms with Crippen LogP contribution < -0.4 is 14.8 Å². The molecule has 1 fully saturated rings. The van der Waals surface area contributed by atoms with Gasteiger partial charge in [0.2, 0.25) is 5.91 Å². The maximum atomic E-state index is 12.4. The summed E-state index contributed by atoms with van der Waals surface area (Å²) in [5, 5.41) is 3.02. The maximum Gasteiger partial charge on any atom is 0.239 e. The third-order valence-corrected chi connectivity index (χ3v) is 5.54. The first-order valence-electron chi connectivity index (χ1n) is 8.90. The number of rotatable bonds is 4. The minimum Gasteiger partial charge on any atom is -0.493 e. The van der Waals surface area contributed by atoms with Gasteiger partial charge in [-0.05, 0) is 56.5 Å². The molecule has 2 heterocycles. The lowest BCUT2D eigenvalue weighted by Gasteiger charge is -2.45. The van der Waals surface area contributed by atoms with Crippen molar-refractivity contribution in [3.8, 4) is 11.5 Å². The van der Waals surface area contributed by atoms with Crippen LogP contribution in [0.5, 0.6) is 11.5 Å². The van der Waals surface area contributed by atoms with E-state index in [9.17, 15) is 4.79 Å². The zero-order chi connectivity index (χ0) is 18.0. The van der Waals surface area contributed by atoms with Crippen LogP contribution in [0.15, 0.2) is 12.1 Å². The van der Waals surface area contributed by atoms with Gasteiger partial charge in [0.15, 0.2) is 11.5 Å². The molecule has 0 aliphatic carbocycles. The number of likely N-dealkylation sites (tertiary alicyclic amines) is 1. The number of nitrogens with zero attached hydrogens (tertiary/aromatic N) is 1. The Morgan fingerprint density at radius 3 is 2.42 bits per heavy atom. The van der Waals surface area contributed by atoms with Gasteiger partial charge in [0, 0.05) is 13.1 Å². The second-order valence-electron chi connectivity index (χ2n) is 6.79. The smallest absolute Gasteiger partial charge is 0.239 e. The Balaban J connectivity index is 0.00000243. The van der Waals surface area contributed by atoms with Crippen LogP contribution in [0.4, 0.5) is 0 Å². The number of piperidine rings is 1. The highest BCUT2D eigenvalue weighted by atomic mass is 35.5. The summed E-state index contributed by atoms with van der Waals surface area (Å²) in [4.78, 5) is 14.4. The molecule has 0 aromatic heterocycles. The maximum absolute atomic E-state index is 12.4. The summed E-state index contributed by atoms with van der Waals surface area (Å²) in [5.41, 5.74) is 2.12. The number of carbonyl (C=O) groups excluding carboxylic acids is 1. The summed E-state index contributed by atoms with van der Waals surface area (Å²) >= 11 is 0. The molecule has 1 N–H and O–H groups in total. The predicted molar refractivity (Wildman–Crippen MR) is 102 cm³/mol. The third kappa shape index (κ3) is 3.63. The van der Waals surface area contributed by atoms with Crippen molar-refractivity contribution in [2.45, 2.75) is 37.8 Å². The Bertz CT molecular complexity index is 645. The van der Waals surface area contributed by atoms with Crippen LogP contribution in [0.3, 0.4) is 0 Å². The summed E-state index contributed by atoms with van der Waals surface area (Å²) in [6.45, 7) is 4.01. The second-order valence-corrected chi connectivity index (χ2v) is 6.79. The molecular weight excluding hydrogens is 356 g/mol. The molecule has 146 valence electrons. The van der Waals surface area contributed by atoms with Gasteiger partial charge in [0.25, 0.3) is 0 Å². The lowest BCUT2D eigenvalue weighted by Crippen LogP contribution is -2.52. The zero-order valence-electron chi connectivity index (χ0n) is 16.0. The Hall–Kier alpha value is -1.50. The van der Waals surface area contributed by atoms with Crippen molar-refractivity contribution in [3.05, 3.63) is 23.3 Å². The second kappa shape index (κ2) is 8.46. The number of likely N-dealkylation sites (N-methyl/N-ethyl adjacent to an activating group) is 1. The molecule has 1 spiro atoms. The number of methoxy groups -OCH3 is 2. The van der Waals surface area contributed by atoms with E-state index in [2.05, 4.69) is 17.4 Å². The molecule has 1 amide bonds. The van der Waals surface area contributed by atoms with Gasteiger partial charge in [0.05, 0.1) is 32.5 Å². The first-order valence-corrected chi connectivity index (χ1v) is 8.90. The van der Waals surface area contributed by atoms with E-state index in [-0.39, 0.29) is 30.0 Å². The van der Waals surface area contributed by atoms with Crippen molar-refractivity contribution in [3.63, 3.8) is 0 Å². The molecule has 7 heteroatoms. The van der Waals surface area contributed by atoms with Crippen molar-refractivity contribution in [2.24, 2.45) is 0 Å². The number of benzene rings is 1. The van der Waals surface area contributed by atoms with Gasteiger partial charge in [-0.3, -0.25) is 4.79 Å². The van der Waals surface area contributed by atoms with E-state index in [0.29, 0.717) is 19.7 Å². The van der Waals surface area contributed by atoms with E-state index in [1.54, 1.807) is 14.2 Å². The van der Waals surface area contributed by atoms with Crippen LogP contribution in [0.2, 0.25) is 0 Å². The van der Waals surface area contributed by atoms with Gasteiger partial charge in [-0.25, -0.2) is 0 Å². The van der Waals surface area contributed by atoms with Gasteiger partial charge in [0.1, 0.15) is 0 Å². The van der Waals surface area contributed by atoms with Crippen molar-refractivity contribution < 1.29 is 19.0 Å². The summed E-state index contributed by atoms with van der Waals surface area (Å²) in [6, 6.07) is 3.97. The minimum absolute atomic E-state index is 0. The number of hydrogen-bond acceptors (Lipinski definition) is 5. The number of hydrogen-bond donors (Lipinski definition) is 1. The molecule has 0 unspecified atom stereocenters. The fourth-order valence-corrected chi connectivity index (χ4v) is 3.89. The highest BCUT2D eigenvalue weighted by Crippen LogP contribution is 2.45. The van der Waals surface area contributed by atoms with Crippen LogP contribution >= 0.6 is 12.4 Å². The molecule has 2 aliphatic rings. The summed E-state index contributed by atoms with van der Waals surface area (Å²) in [7, 11) is 5.13. The van der Waals surface area contributed by atoms with Crippen LogP contribution in [0.1, 0.15) is 30.9 Å². The largest absolute Gasteiger partial charge is 0.493 e. The lowest BCUT2D eigenvalue weighted by molar-refractivity contribution is -0.142. The Labute approximate surface area is 161 Å². The number of carbonyl (C=O) groups is 1. The van der Waals surface area contributed by atoms with Gasteiger partial charge in [-0.15, -0.1) is 12.4 Å². The molecule has 1 aromatic carbocycles. The molecule has 0 bridgehead atoms. The number of nitrogens with one attached hydrogen (secondary N) is 1. The molecule has 3 rings (SSSR count). The summed E-state index contributed by atoms with van der Waals surface area (Å²) < 4.78 is 17.2. The van der Waals surface area contributed by atoms with Gasteiger partial charge >= 0.3 is 0 Å². The molecular formula is C19H29ClN2O4.